The number of benzene rings is 2. The standard InChI is InChI=1S/C18H18N4O/c23-18(11-14-22-13-6-12-19-22)21-17-10-5-4-9-16(17)20-15-7-2-1-3-8-15/h1-10,12-13,20H,11,14H2,(H,21,23). The third-order valence-electron chi connectivity index (χ3n) is 3.38. The number of anilines is 3. The van der Waals surface area contributed by atoms with Gasteiger partial charge in [0, 0.05) is 31.0 Å². The van der Waals surface area contributed by atoms with Gasteiger partial charge < -0.3 is 10.6 Å². The number of nitrogens with one attached hydrogen (secondary N) is 2. The van der Waals surface area contributed by atoms with Crippen molar-refractivity contribution in [3.8, 4) is 0 Å². The number of nitrogens with zero attached hydrogens (tertiary/aromatic N) is 2. The highest BCUT2D eigenvalue weighted by Gasteiger charge is 2.07. The highest BCUT2D eigenvalue weighted by Crippen LogP contribution is 2.25. The van der Waals surface area contributed by atoms with E-state index in [0.717, 1.165) is 17.1 Å². The zero-order valence-corrected chi connectivity index (χ0v) is 12.6. The van der Waals surface area contributed by atoms with Crippen LogP contribution in [0.4, 0.5) is 17.1 Å². The van der Waals surface area contributed by atoms with Crippen LogP contribution in [0.5, 0.6) is 0 Å². The first-order valence-corrected chi connectivity index (χ1v) is 7.50. The van der Waals surface area contributed by atoms with Gasteiger partial charge in [-0.05, 0) is 30.3 Å². The van der Waals surface area contributed by atoms with Gasteiger partial charge in [-0.2, -0.15) is 5.10 Å². The van der Waals surface area contributed by atoms with Crippen molar-refractivity contribution in [3.05, 3.63) is 73.1 Å². The Morgan fingerprint density at radius 1 is 0.957 bits per heavy atom. The SMILES string of the molecule is O=C(CCn1cccn1)Nc1ccccc1Nc1ccccc1. The molecule has 0 saturated heterocycles. The summed E-state index contributed by atoms with van der Waals surface area (Å²) < 4.78 is 1.74. The van der Waals surface area contributed by atoms with Crippen LogP contribution < -0.4 is 10.6 Å². The molecule has 23 heavy (non-hydrogen) atoms. The third-order valence-corrected chi connectivity index (χ3v) is 3.38. The fourth-order valence-corrected chi connectivity index (χ4v) is 2.24. The smallest absolute Gasteiger partial charge is 0.226 e. The Morgan fingerprint density at radius 3 is 2.43 bits per heavy atom. The number of aromatic nitrogens is 2. The Hall–Kier alpha value is -3.08. The maximum Gasteiger partial charge on any atom is 0.226 e. The summed E-state index contributed by atoms with van der Waals surface area (Å²) in [7, 11) is 0. The molecule has 3 aromatic rings. The van der Waals surface area contributed by atoms with Gasteiger partial charge in [-0.3, -0.25) is 9.48 Å². The lowest BCUT2D eigenvalue weighted by Crippen LogP contribution is -2.15. The quantitative estimate of drug-likeness (QED) is 0.730. The van der Waals surface area contributed by atoms with Gasteiger partial charge in [0.1, 0.15) is 0 Å². The van der Waals surface area contributed by atoms with E-state index in [0.29, 0.717) is 13.0 Å². The van der Waals surface area contributed by atoms with Crippen LogP contribution in [0.3, 0.4) is 0 Å². The molecule has 1 amide bonds. The molecule has 1 aromatic heterocycles. The summed E-state index contributed by atoms with van der Waals surface area (Å²) >= 11 is 0. The van der Waals surface area contributed by atoms with Gasteiger partial charge in [0.2, 0.25) is 5.91 Å². The maximum absolute atomic E-state index is 12.1. The summed E-state index contributed by atoms with van der Waals surface area (Å²) in [4.78, 5) is 12.1. The summed E-state index contributed by atoms with van der Waals surface area (Å²) in [6, 6.07) is 19.4. The van der Waals surface area contributed by atoms with E-state index in [9.17, 15) is 4.79 Å². The van der Waals surface area contributed by atoms with Crippen LogP contribution in [0.15, 0.2) is 73.1 Å². The lowest BCUT2D eigenvalue weighted by Gasteiger charge is -2.13. The Balaban J connectivity index is 1.64. The van der Waals surface area contributed by atoms with Crippen molar-refractivity contribution in [3.63, 3.8) is 0 Å². The summed E-state index contributed by atoms with van der Waals surface area (Å²) in [6.45, 7) is 0.563. The molecule has 0 bridgehead atoms. The van der Waals surface area contributed by atoms with Gasteiger partial charge in [0.05, 0.1) is 11.4 Å². The first-order chi connectivity index (χ1) is 11.3. The number of carbonyl (C=O) groups is 1. The average Bonchev–Trinajstić information content (AvgIpc) is 3.09. The minimum Gasteiger partial charge on any atom is -0.354 e. The van der Waals surface area contributed by atoms with Gasteiger partial charge in [0.25, 0.3) is 0 Å². The van der Waals surface area contributed by atoms with Gasteiger partial charge >= 0.3 is 0 Å². The Morgan fingerprint density at radius 2 is 1.70 bits per heavy atom. The van der Waals surface area contributed by atoms with E-state index in [2.05, 4.69) is 15.7 Å². The number of carbonyl (C=O) groups excluding carboxylic acids is 1. The van der Waals surface area contributed by atoms with Crippen molar-refractivity contribution in [2.75, 3.05) is 10.6 Å². The fraction of sp³-hybridized carbons (Fsp3) is 0.111. The number of hydrogen-bond donors (Lipinski definition) is 2. The molecule has 0 aliphatic rings. The second-order valence-corrected chi connectivity index (χ2v) is 5.10. The topological polar surface area (TPSA) is 59.0 Å². The number of hydrogen-bond acceptors (Lipinski definition) is 3. The van der Waals surface area contributed by atoms with Crippen molar-refractivity contribution >= 4 is 23.0 Å². The normalized spacial score (nSPS) is 10.3. The lowest BCUT2D eigenvalue weighted by molar-refractivity contribution is -0.116. The van der Waals surface area contributed by atoms with Crippen molar-refractivity contribution in [2.24, 2.45) is 0 Å². The maximum atomic E-state index is 12.1. The van der Waals surface area contributed by atoms with Crippen molar-refractivity contribution in [2.45, 2.75) is 13.0 Å². The van der Waals surface area contributed by atoms with Gasteiger partial charge in [-0.15, -0.1) is 0 Å². The molecule has 0 fully saturated rings. The van der Waals surface area contributed by atoms with E-state index in [1.165, 1.54) is 0 Å². The Bertz CT molecular complexity index is 754. The van der Waals surface area contributed by atoms with E-state index in [-0.39, 0.29) is 5.91 Å². The molecular formula is C18H18N4O. The highest BCUT2D eigenvalue weighted by molar-refractivity contribution is 5.94. The molecule has 0 radical (unpaired) electrons. The molecule has 116 valence electrons. The minimum absolute atomic E-state index is 0.0391. The Kier molecular flexibility index (Phi) is 4.69. The van der Waals surface area contributed by atoms with E-state index < -0.39 is 0 Å². The van der Waals surface area contributed by atoms with Gasteiger partial charge in [-0.1, -0.05) is 30.3 Å². The lowest BCUT2D eigenvalue weighted by atomic mass is 10.2. The first kappa shape index (κ1) is 14.8. The Labute approximate surface area is 135 Å². The van der Waals surface area contributed by atoms with E-state index in [1.807, 2.05) is 66.9 Å². The fourth-order valence-electron chi connectivity index (χ4n) is 2.24. The molecule has 2 N–H and O–H groups in total. The minimum atomic E-state index is -0.0391. The molecule has 5 heteroatoms. The van der Waals surface area contributed by atoms with E-state index in [4.69, 9.17) is 0 Å². The zero-order valence-electron chi connectivity index (χ0n) is 12.6. The monoisotopic (exact) mass is 306 g/mol. The van der Waals surface area contributed by atoms with Crippen molar-refractivity contribution in [1.82, 2.24) is 9.78 Å². The summed E-state index contributed by atoms with van der Waals surface area (Å²) in [5, 5.41) is 10.4. The van der Waals surface area contributed by atoms with Crippen molar-refractivity contribution < 1.29 is 4.79 Å². The van der Waals surface area contributed by atoms with Crippen LogP contribution in [0.2, 0.25) is 0 Å². The molecule has 0 atom stereocenters. The number of amides is 1. The summed E-state index contributed by atoms with van der Waals surface area (Å²) in [5.74, 6) is -0.0391. The molecular weight excluding hydrogens is 288 g/mol. The predicted molar refractivity (Wildman–Crippen MR) is 91.6 cm³/mol. The molecule has 3 rings (SSSR count). The third kappa shape index (κ3) is 4.20. The van der Waals surface area contributed by atoms with E-state index >= 15 is 0 Å². The molecule has 0 unspecified atom stereocenters. The second kappa shape index (κ2) is 7.26. The predicted octanol–water partition coefficient (Wildman–Crippen LogP) is 3.66. The van der Waals surface area contributed by atoms with Crippen LogP contribution in [0, 0.1) is 0 Å². The highest BCUT2D eigenvalue weighted by atomic mass is 16.1. The second-order valence-electron chi connectivity index (χ2n) is 5.10. The van der Waals surface area contributed by atoms with Crippen LogP contribution in [0.25, 0.3) is 0 Å². The number of para-hydroxylation sites is 3. The molecule has 1 heterocycles. The van der Waals surface area contributed by atoms with Crippen LogP contribution in [-0.4, -0.2) is 15.7 Å². The molecule has 0 saturated carbocycles. The summed E-state index contributed by atoms with van der Waals surface area (Å²) in [5.41, 5.74) is 2.61. The van der Waals surface area contributed by atoms with Crippen LogP contribution in [-0.2, 0) is 11.3 Å². The van der Waals surface area contributed by atoms with Gasteiger partial charge in [0.15, 0.2) is 0 Å². The first-order valence-electron chi connectivity index (χ1n) is 7.50. The average molecular weight is 306 g/mol. The largest absolute Gasteiger partial charge is 0.354 e. The molecule has 0 spiro atoms. The van der Waals surface area contributed by atoms with Crippen LogP contribution >= 0.6 is 0 Å². The molecule has 5 nitrogen and oxygen atoms in total. The summed E-state index contributed by atoms with van der Waals surface area (Å²) in [6.07, 6.45) is 3.93. The molecule has 2 aromatic carbocycles. The zero-order chi connectivity index (χ0) is 15.9. The van der Waals surface area contributed by atoms with Gasteiger partial charge in [-0.25, -0.2) is 0 Å². The number of aryl methyl sites for hydroxylation is 1. The van der Waals surface area contributed by atoms with E-state index in [1.54, 1.807) is 10.9 Å². The molecule has 0 aliphatic heterocycles. The van der Waals surface area contributed by atoms with Crippen molar-refractivity contribution in [1.29, 1.82) is 0 Å². The molecule has 0 aliphatic carbocycles. The van der Waals surface area contributed by atoms with Crippen LogP contribution in [0.1, 0.15) is 6.42 Å². The number of rotatable bonds is 6.